The van der Waals surface area contributed by atoms with Gasteiger partial charge in [-0.05, 0) is 0 Å². The van der Waals surface area contributed by atoms with Gasteiger partial charge in [0.05, 0.1) is 0 Å². The predicted molar refractivity (Wildman–Crippen MR) is 45.4 cm³/mol. The molecule has 0 aliphatic heterocycles. The van der Waals surface area contributed by atoms with Gasteiger partial charge in [0.25, 0.3) is 0 Å². The van der Waals surface area contributed by atoms with Gasteiger partial charge in [0, 0.05) is 0 Å². The van der Waals surface area contributed by atoms with E-state index in [1.807, 2.05) is 16.1 Å². The summed E-state index contributed by atoms with van der Waals surface area (Å²) in [5, 5.41) is 0.924. The van der Waals surface area contributed by atoms with Crippen LogP contribution in [0.2, 0.25) is 11.4 Å². The monoisotopic (exact) mass is 216 g/mol. The molecule has 0 bridgehead atoms. The Bertz CT molecular complexity index is 190. The average Bonchev–Trinajstić information content (AvgIpc) is 1.88. The first-order valence-electron chi connectivity index (χ1n) is 2.91. The van der Waals surface area contributed by atoms with Gasteiger partial charge in [-0.3, -0.25) is 0 Å². The zero-order valence-electron chi connectivity index (χ0n) is 5.98. The first kappa shape index (κ1) is 8.09. The van der Waals surface area contributed by atoms with E-state index in [-0.39, 0.29) is 0 Å². The molecule has 0 saturated heterocycles. The Morgan fingerprint density at radius 1 is 1.30 bits per heavy atom. The zero-order valence-corrected chi connectivity index (χ0v) is 8.68. The van der Waals surface area contributed by atoms with Gasteiger partial charge >= 0.3 is 68.5 Å². The summed E-state index contributed by atoms with van der Waals surface area (Å²) in [6, 6.07) is 1.84. The second-order valence-corrected chi connectivity index (χ2v) is 10.8. The number of aromatic nitrogens is 2. The van der Waals surface area contributed by atoms with Crippen LogP contribution < -0.4 is 0 Å². The first-order chi connectivity index (χ1) is 4.79. The molecular formula is C6H9AsN2S. The molecule has 2 nitrogen and oxygen atoms in total. The van der Waals surface area contributed by atoms with Crippen molar-refractivity contribution in [3.05, 3.63) is 18.5 Å². The summed E-state index contributed by atoms with van der Waals surface area (Å²) in [5.74, 6) is 0. The van der Waals surface area contributed by atoms with E-state index in [0.29, 0.717) is 0 Å². The molecule has 0 atom stereocenters. The molecule has 4 heteroatoms. The normalized spacial score (nSPS) is 10.3. The molecule has 0 amide bonds. The van der Waals surface area contributed by atoms with Crippen molar-refractivity contribution in [1.82, 2.24) is 9.97 Å². The van der Waals surface area contributed by atoms with E-state index in [9.17, 15) is 0 Å². The zero-order chi connectivity index (χ0) is 7.40. The van der Waals surface area contributed by atoms with E-state index < -0.39 is 13.5 Å². The third-order valence-corrected chi connectivity index (χ3v) is 4.87. The van der Waals surface area contributed by atoms with Crippen molar-refractivity contribution in [3.63, 3.8) is 0 Å². The molecule has 0 N–H and O–H groups in total. The van der Waals surface area contributed by atoms with E-state index >= 15 is 0 Å². The van der Waals surface area contributed by atoms with E-state index in [0.717, 1.165) is 5.16 Å². The minimum atomic E-state index is -0.664. The van der Waals surface area contributed by atoms with E-state index in [2.05, 4.69) is 21.4 Å². The van der Waals surface area contributed by atoms with Gasteiger partial charge in [-0.25, -0.2) is 0 Å². The van der Waals surface area contributed by atoms with E-state index in [1.165, 1.54) is 0 Å². The molecular weight excluding hydrogens is 207 g/mol. The summed E-state index contributed by atoms with van der Waals surface area (Å²) < 4.78 is 0. The fourth-order valence-corrected chi connectivity index (χ4v) is 3.69. The van der Waals surface area contributed by atoms with Gasteiger partial charge in [0.2, 0.25) is 0 Å². The Labute approximate surface area is 68.7 Å². The van der Waals surface area contributed by atoms with Gasteiger partial charge in [0.15, 0.2) is 0 Å². The Hall–Kier alpha value is -0.0116. The molecule has 1 rings (SSSR count). The molecule has 1 aromatic rings. The predicted octanol–water partition coefficient (Wildman–Crippen LogP) is 1.82. The quantitative estimate of drug-likeness (QED) is 0.557. The standard InChI is InChI=1S/C6H9AsN2S/c1-7(2)10-6-8-4-3-5-9-6/h3-5H,1-2H3. The molecule has 0 unspecified atom stereocenters. The Balaban J connectivity index is 2.59. The van der Waals surface area contributed by atoms with Crippen molar-refractivity contribution in [2.24, 2.45) is 0 Å². The third kappa shape index (κ3) is 2.71. The molecule has 0 spiro atoms. The minimum absolute atomic E-state index is 0.664. The number of hydrogen-bond acceptors (Lipinski definition) is 3. The van der Waals surface area contributed by atoms with Crippen LogP contribution in [0.15, 0.2) is 23.6 Å². The van der Waals surface area contributed by atoms with Crippen LogP contribution in [0, 0.1) is 0 Å². The molecule has 1 aromatic heterocycles. The molecule has 0 radical (unpaired) electrons. The van der Waals surface area contributed by atoms with Crippen LogP contribution in [0.1, 0.15) is 0 Å². The molecule has 0 saturated carbocycles. The maximum absolute atomic E-state index is 4.11. The van der Waals surface area contributed by atoms with Gasteiger partial charge in [0.1, 0.15) is 0 Å². The molecule has 0 aromatic carbocycles. The van der Waals surface area contributed by atoms with Crippen molar-refractivity contribution in [2.45, 2.75) is 16.6 Å². The summed E-state index contributed by atoms with van der Waals surface area (Å²) in [4.78, 5) is 8.21. The fraction of sp³-hybridized carbons (Fsp3) is 0.333. The maximum atomic E-state index is 4.11. The summed E-state index contributed by atoms with van der Waals surface area (Å²) >= 11 is -0.664. The summed E-state index contributed by atoms with van der Waals surface area (Å²) in [6.07, 6.45) is 3.57. The third-order valence-electron chi connectivity index (χ3n) is 0.806. The van der Waals surface area contributed by atoms with Gasteiger partial charge < -0.3 is 0 Å². The topological polar surface area (TPSA) is 25.8 Å². The van der Waals surface area contributed by atoms with Crippen molar-refractivity contribution in [1.29, 1.82) is 0 Å². The Kier molecular flexibility index (Phi) is 3.23. The van der Waals surface area contributed by atoms with Gasteiger partial charge in [-0.1, -0.05) is 0 Å². The van der Waals surface area contributed by atoms with Crippen LogP contribution in [-0.4, -0.2) is 23.5 Å². The summed E-state index contributed by atoms with van der Waals surface area (Å²) in [5.41, 5.74) is 4.54. The second kappa shape index (κ2) is 3.99. The van der Waals surface area contributed by atoms with E-state index in [1.54, 1.807) is 12.4 Å². The summed E-state index contributed by atoms with van der Waals surface area (Å²) in [7, 11) is 1.82. The Morgan fingerprint density at radius 2 is 1.90 bits per heavy atom. The van der Waals surface area contributed by atoms with Crippen molar-refractivity contribution >= 4 is 23.5 Å². The molecule has 54 valence electrons. The molecule has 10 heavy (non-hydrogen) atoms. The van der Waals surface area contributed by atoms with Crippen LogP contribution in [0.4, 0.5) is 0 Å². The van der Waals surface area contributed by atoms with Gasteiger partial charge in [-0.2, -0.15) is 0 Å². The molecule has 0 fully saturated rings. The van der Waals surface area contributed by atoms with Crippen LogP contribution in [0.3, 0.4) is 0 Å². The SMILES string of the molecule is C[As](C)Sc1ncccn1. The first-order valence-corrected chi connectivity index (χ1v) is 9.74. The number of rotatable bonds is 2. The van der Waals surface area contributed by atoms with Crippen LogP contribution in [0.5, 0.6) is 0 Å². The Morgan fingerprint density at radius 3 is 2.40 bits per heavy atom. The second-order valence-electron chi connectivity index (χ2n) is 1.94. The van der Waals surface area contributed by atoms with Crippen molar-refractivity contribution in [3.8, 4) is 0 Å². The fourth-order valence-electron chi connectivity index (χ4n) is 0.496. The van der Waals surface area contributed by atoms with Crippen molar-refractivity contribution < 1.29 is 0 Å². The van der Waals surface area contributed by atoms with Crippen LogP contribution >= 0.6 is 10.0 Å². The van der Waals surface area contributed by atoms with E-state index in [4.69, 9.17) is 0 Å². The molecule has 0 aliphatic rings. The number of nitrogens with zero attached hydrogens (tertiary/aromatic N) is 2. The number of hydrogen-bond donors (Lipinski definition) is 0. The average molecular weight is 216 g/mol. The van der Waals surface area contributed by atoms with Crippen LogP contribution in [0.25, 0.3) is 0 Å². The molecule has 0 aliphatic carbocycles. The van der Waals surface area contributed by atoms with Crippen LogP contribution in [-0.2, 0) is 0 Å². The summed E-state index contributed by atoms with van der Waals surface area (Å²) in [6.45, 7) is 0. The van der Waals surface area contributed by atoms with Gasteiger partial charge in [-0.15, -0.1) is 0 Å². The van der Waals surface area contributed by atoms with Crippen molar-refractivity contribution in [2.75, 3.05) is 0 Å². The molecule has 1 heterocycles.